The maximum absolute atomic E-state index is 12.7. The van der Waals surface area contributed by atoms with Crippen molar-refractivity contribution >= 4 is 5.91 Å². The monoisotopic (exact) mass is 341 g/mol. The molecule has 6 nitrogen and oxygen atoms in total. The van der Waals surface area contributed by atoms with Crippen molar-refractivity contribution in [3.8, 4) is 5.75 Å². The summed E-state index contributed by atoms with van der Waals surface area (Å²) in [7, 11) is 3.54. The molecule has 1 spiro atoms. The highest BCUT2D eigenvalue weighted by Crippen LogP contribution is 2.42. The largest absolute Gasteiger partial charge is 0.497 e. The van der Waals surface area contributed by atoms with E-state index in [0.717, 1.165) is 25.0 Å². The molecule has 1 aromatic carbocycles. The Morgan fingerprint density at radius 1 is 1.32 bits per heavy atom. The standard InChI is InChI=1S/C19H23N3O3/c1-21-11-8-20-17(21)18(23)22-9-6-19(7-10-22)16-4-3-15(24-2)13-14(16)5-12-25-19/h3-4,8,11,13H,5-7,9-10,12H2,1-2H3. The van der Waals surface area contributed by atoms with E-state index in [2.05, 4.69) is 17.1 Å². The van der Waals surface area contributed by atoms with Crippen LogP contribution in [0.3, 0.4) is 0 Å². The number of likely N-dealkylation sites (tertiary alicyclic amines) is 1. The van der Waals surface area contributed by atoms with E-state index in [4.69, 9.17) is 9.47 Å². The van der Waals surface area contributed by atoms with Crippen LogP contribution in [0.4, 0.5) is 0 Å². The number of nitrogens with zero attached hydrogens (tertiary/aromatic N) is 3. The SMILES string of the molecule is COc1ccc2c(c1)CCOC21CCN(C(=O)c2nccn2C)CC1. The van der Waals surface area contributed by atoms with Crippen molar-refractivity contribution in [1.29, 1.82) is 0 Å². The Kier molecular flexibility index (Phi) is 4.00. The van der Waals surface area contributed by atoms with Gasteiger partial charge < -0.3 is 18.9 Å². The lowest BCUT2D eigenvalue weighted by Crippen LogP contribution is -2.48. The molecule has 132 valence electrons. The molecule has 6 heteroatoms. The second kappa shape index (κ2) is 6.19. The zero-order valence-corrected chi connectivity index (χ0v) is 14.7. The van der Waals surface area contributed by atoms with Crippen LogP contribution in [0.2, 0.25) is 0 Å². The van der Waals surface area contributed by atoms with Crippen LogP contribution in [0.25, 0.3) is 0 Å². The summed E-state index contributed by atoms with van der Waals surface area (Å²) >= 11 is 0. The smallest absolute Gasteiger partial charge is 0.289 e. The zero-order chi connectivity index (χ0) is 17.4. The van der Waals surface area contributed by atoms with E-state index >= 15 is 0 Å². The van der Waals surface area contributed by atoms with Crippen molar-refractivity contribution in [1.82, 2.24) is 14.5 Å². The minimum absolute atomic E-state index is 0.00638. The molecule has 0 aliphatic carbocycles. The van der Waals surface area contributed by atoms with Gasteiger partial charge in [0.2, 0.25) is 0 Å². The van der Waals surface area contributed by atoms with Crippen molar-refractivity contribution < 1.29 is 14.3 Å². The van der Waals surface area contributed by atoms with Gasteiger partial charge in [-0.3, -0.25) is 4.79 Å². The number of hydrogen-bond donors (Lipinski definition) is 0. The molecule has 1 amide bonds. The van der Waals surface area contributed by atoms with E-state index in [1.54, 1.807) is 24.1 Å². The molecule has 1 aromatic heterocycles. The maximum Gasteiger partial charge on any atom is 0.289 e. The molecular weight excluding hydrogens is 318 g/mol. The molecule has 0 saturated carbocycles. The Morgan fingerprint density at radius 3 is 2.80 bits per heavy atom. The quantitative estimate of drug-likeness (QED) is 0.840. The molecule has 4 rings (SSSR count). The molecule has 1 saturated heterocycles. The summed E-state index contributed by atoms with van der Waals surface area (Å²) in [4.78, 5) is 18.7. The van der Waals surface area contributed by atoms with Crippen molar-refractivity contribution in [2.24, 2.45) is 7.05 Å². The topological polar surface area (TPSA) is 56.6 Å². The van der Waals surface area contributed by atoms with Crippen LogP contribution < -0.4 is 4.74 Å². The van der Waals surface area contributed by atoms with Gasteiger partial charge in [0.25, 0.3) is 5.91 Å². The number of amides is 1. The number of hydrogen-bond acceptors (Lipinski definition) is 4. The average Bonchev–Trinajstić information content (AvgIpc) is 3.07. The predicted octanol–water partition coefficient (Wildman–Crippen LogP) is 2.13. The number of fused-ring (bicyclic) bond motifs is 2. The van der Waals surface area contributed by atoms with Crippen LogP contribution in [0.5, 0.6) is 5.75 Å². The summed E-state index contributed by atoms with van der Waals surface area (Å²) in [5.41, 5.74) is 2.27. The Bertz CT molecular complexity index is 791. The van der Waals surface area contributed by atoms with Gasteiger partial charge in [0.1, 0.15) is 5.75 Å². The van der Waals surface area contributed by atoms with E-state index in [9.17, 15) is 4.79 Å². The fourth-order valence-electron chi connectivity index (χ4n) is 3.98. The lowest BCUT2D eigenvalue weighted by atomic mass is 9.79. The number of rotatable bonds is 2. The van der Waals surface area contributed by atoms with Gasteiger partial charge in [-0.05, 0) is 42.5 Å². The highest BCUT2D eigenvalue weighted by atomic mass is 16.5. The number of methoxy groups -OCH3 is 1. The molecular formula is C19H23N3O3. The molecule has 2 aliphatic rings. The number of carbonyl (C=O) groups is 1. The third kappa shape index (κ3) is 2.70. The molecule has 2 aliphatic heterocycles. The van der Waals surface area contributed by atoms with E-state index in [1.807, 2.05) is 18.0 Å². The summed E-state index contributed by atoms with van der Waals surface area (Å²) in [5, 5.41) is 0. The highest BCUT2D eigenvalue weighted by Gasteiger charge is 2.42. The second-order valence-electron chi connectivity index (χ2n) is 6.77. The first kappa shape index (κ1) is 16.1. The van der Waals surface area contributed by atoms with Crippen LogP contribution >= 0.6 is 0 Å². The number of aromatic nitrogens is 2. The Hall–Kier alpha value is -2.34. The van der Waals surface area contributed by atoms with Gasteiger partial charge in [-0.15, -0.1) is 0 Å². The Labute approximate surface area is 147 Å². The number of benzene rings is 1. The van der Waals surface area contributed by atoms with Crippen molar-refractivity contribution in [2.75, 3.05) is 26.8 Å². The van der Waals surface area contributed by atoms with Crippen molar-refractivity contribution in [3.05, 3.63) is 47.5 Å². The first-order valence-electron chi connectivity index (χ1n) is 8.71. The normalized spacial score (nSPS) is 18.9. The number of carbonyl (C=O) groups excluding carboxylic acids is 1. The van der Waals surface area contributed by atoms with E-state index in [-0.39, 0.29) is 11.5 Å². The van der Waals surface area contributed by atoms with Crippen LogP contribution in [-0.4, -0.2) is 47.2 Å². The summed E-state index contributed by atoms with van der Waals surface area (Å²) in [5.74, 6) is 1.37. The molecule has 0 bridgehead atoms. The number of imidazole rings is 1. The lowest BCUT2D eigenvalue weighted by Gasteiger charge is -2.45. The van der Waals surface area contributed by atoms with Gasteiger partial charge in [-0.1, -0.05) is 6.07 Å². The molecule has 1 fully saturated rings. The predicted molar refractivity (Wildman–Crippen MR) is 92.7 cm³/mol. The van der Waals surface area contributed by atoms with Gasteiger partial charge in [-0.25, -0.2) is 4.98 Å². The molecule has 2 aromatic rings. The fraction of sp³-hybridized carbons (Fsp3) is 0.474. The molecule has 0 N–H and O–H groups in total. The molecule has 0 atom stereocenters. The van der Waals surface area contributed by atoms with Gasteiger partial charge in [-0.2, -0.15) is 0 Å². The van der Waals surface area contributed by atoms with Gasteiger partial charge in [0.15, 0.2) is 5.82 Å². The van der Waals surface area contributed by atoms with Gasteiger partial charge in [0.05, 0.1) is 19.3 Å². The number of piperidine rings is 1. The summed E-state index contributed by atoms with van der Waals surface area (Å²) in [6.45, 7) is 2.07. The maximum atomic E-state index is 12.7. The summed E-state index contributed by atoms with van der Waals surface area (Å²) in [6, 6.07) is 6.25. The summed E-state index contributed by atoms with van der Waals surface area (Å²) in [6.07, 6.45) is 5.98. The third-order valence-corrected chi connectivity index (χ3v) is 5.42. The van der Waals surface area contributed by atoms with Crippen molar-refractivity contribution in [2.45, 2.75) is 24.9 Å². The van der Waals surface area contributed by atoms with Gasteiger partial charge in [0, 0.05) is 32.5 Å². The minimum atomic E-state index is -0.279. The lowest BCUT2D eigenvalue weighted by molar-refractivity contribution is -0.0936. The first-order valence-corrected chi connectivity index (χ1v) is 8.71. The second-order valence-corrected chi connectivity index (χ2v) is 6.77. The van der Waals surface area contributed by atoms with Gasteiger partial charge >= 0.3 is 0 Å². The molecule has 0 radical (unpaired) electrons. The van der Waals surface area contributed by atoms with E-state index in [0.29, 0.717) is 25.5 Å². The Balaban J connectivity index is 1.54. The highest BCUT2D eigenvalue weighted by molar-refractivity contribution is 5.90. The fourth-order valence-corrected chi connectivity index (χ4v) is 3.98. The summed E-state index contributed by atoms with van der Waals surface area (Å²) < 4.78 is 13.4. The molecule has 25 heavy (non-hydrogen) atoms. The van der Waals surface area contributed by atoms with Crippen LogP contribution in [0.1, 0.15) is 34.6 Å². The average molecular weight is 341 g/mol. The Morgan fingerprint density at radius 2 is 2.12 bits per heavy atom. The first-order chi connectivity index (χ1) is 12.1. The minimum Gasteiger partial charge on any atom is -0.497 e. The molecule has 0 unspecified atom stereocenters. The van der Waals surface area contributed by atoms with Crippen LogP contribution in [-0.2, 0) is 23.8 Å². The van der Waals surface area contributed by atoms with Crippen LogP contribution in [0, 0.1) is 0 Å². The molecule has 3 heterocycles. The van der Waals surface area contributed by atoms with Crippen LogP contribution in [0.15, 0.2) is 30.6 Å². The van der Waals surface area contributed by atoms with Crippen molar-refractivity contribution in [3.63, 3.8) is 0 Å². The number of aryl methyl sites for hydroxylation is 1. The van der Waals surface area contributed by atoms with E-state index in [1.165, 1.54) is 11.1 Å². The van der Waals surface area contributed by atoms with E-state index < -0.39 is 0 Å². The zero-order valence-electron chi connectivity index (χ0n) is 14.7. The third-order valence-electron chi connectivity index (χ3n) is 5.42. The number of ether oxygens (including phenoxy) is 2.